The summed E-state index contributed by atoms with van der Waals surface area (Å²) >= 11 is 1.56. The number of anilines is 4. The van der Waals surface area contributed by atoms with Crippen molar-refractivity contribution in [2.75, 3.05) is 62.5 Å². The molecule has 166 valence electrons. The normalized spacial score (nSPS) is 15.1. The van der Waals surface area contributed by atoms with Crippen LogP contribution in [-0.4, -0.2) is 67.2 Å². The molecule has 3 rings (SSSR count). The molecule has 0 unspecified atom stereocenters. The molecule has 31 heavy (non-hydrogen) atoms. The number of nitrogen functional groups attached to an aromatic ring is 1. The predicted octanol–water partition coefficient (Wildman–Crippen LogP) is 3.59. The molecule has 4 N–H and O–H groups in total. The van der Waals surface area contributed by atoms with Gasteiger partial charge in [0, 0.05) is 31.9 Å². The van der Waals surface area contributed by atoms with E-state index in [1.54, 1.807) is 18.9 Å². The summed E-state index contributed by atoms with van der Waals surface area (Å²) in [5.41, 5.74) is 9.78. The van der Waals surface area contributed by atoms with Crippen molar-refractivity contribution in [1.29, 1.82) is 5.41 Å². The molecular formula is C22H31N7OS. The average Bonchev–Trinajstić information content (AvgIpc) is 2.77. The monoisotopic (exact) mass is 441 g/mol. The number of hydrogen-bond donors (Lipinski definition) is 3. The van der Waals surface area contributed by atoms with Crippen LogP contribution in [0.3, 0.4) is 0 Å². The Balaban J connectivity index is 1.97. The van der Waals surface area contributed by atoms with Crippen molar-refractivity contribution in [2.24, 2.45) is 0 Å². The first-order valence-corrected chi connectivity index (χ1v) is 11.6. The highest BCUT2D eigenvalue weighted by molar-refractivity contribution is 8.01. The van der Waals surface area contributed by atoms with Crippen molar-refractivity contribution >= 4 is 40.5 Å². The maximum absolute atomic E-state index is 8.73. The summed E-state index contributed by atoms with van der Waals surface area (Å²) in [7, 11) is 3.79. The van der Waals surface area contributed by atoms with Crippen LogP contribution in [0.5, 0.6) is 5.75 Å². The highest BCUT2D eigenvalue weighted by Gasteiger charge is 2.20. The predicted molar refractivity (Wildman–Crippen MR) is 131 cm³/mol. The van der Waals surface area contributed by atoms with Crippen molar-refractivity contribution in [2.45, 2.75) is 13.3 Å². The Kier molecular flexibility index (Phi) is 7.75. The van der Waals surface area contributed by atoms with E-state index >= 15 is 0 Å². The molecule has 1 aromatic heterocycles. The first-order valence-electron chi connectivity index (χ1n) is 10.3. The third-order valence-electron chi connectivity index (χ3n) is 5.39. The quantitative estimate of drug-likeness (QED) is 0.534. The van der Waals surface area contributed by atoms with Crippen LogP contribution in [-0.2, 0) is 0 Å². The van der Waals surface area contributed by atoms with Crippen LogP contribution in [0.4, 0.5) is 23.0 Å². The maximum Gasteiger partial charge on any atom is 0.145 e. The summed E-state index contributed by atoms with van der Waals surface area (Å²) in [6.07, 6.45) is 4.10. The summed E-state index contributed by atoms with van der Waals surface area (Å²) in [6, 6.07) is 6.09. The number of benzene rings is 1. The van der Waals surface area contributed by atoms with Crippen LogP contribution in [0.15, 0.2) is 35.5 Å². The second-order valence-electron chi connectivity index (χ2n) is 7.39. The fourth-order valence-corrected chi connectivity index (χ4v) is 4.11. The zero-order valence-corrected chi connectivity index (χ0v) is 19.4. The van der Waals surface area contributed by atoms with Gasteiger partial charge in [0.05, 0.1) is 24.1 Å². The van der Waals surface area contributed by atoms with E-state index in [0.717, 1.165) is 49.5 Å². The second kappa shape index (κ2) is 10.5. The minimum atomic E-state index is 0.275. The minimum absolute atomic E-state index is 0.275. The van der Waals surface area contributed by atoms with Gasteiger partial charge in [0.25, 0.3) is 0 Å². The number of piperazine rings is 1. The molecule has 0 bridgehead atoms. The van der Waals surface area contributed by atoms with E-state index in [2.05, 4.69) is 44.3 Å². The van der Waals surface area contributed by atoms with E-state index in [1.807, 2.05) is 24.7 Å². The Morgan fingerprint density at radius 2 is 2.03 bits per heavy atom. The van der Waals surface area contributed by atoms with Gasteiger partial charge in [-0.2, -0.15) is 0 Å². The van der Waals surface area contributed by atoms with Gasteiger partial charge < -0.3 is 25.6 Å². The Bertz CT molecular complexity index is 955. The van der Waals surface area contributed by atoms with E-state index in [9.17, 15) is 0 Å². The SMILES string of the molecule is CC/C(=C\SC)C(=N)c1c(N)ncnc1Nc1cc(N2CCN(C)CC2)ccc1OC. The van der Waals surface area contributed by atoms with Crippen LogP contribution in [0.1, 0.15) is 18.9 Å². The lowest BCUT2D eigenvalue weighted by Gasteiger charge is -2.34. The van der Waals surface area contributed by atoms with Crippen LogP contribution < -0.4 is 20.7 Å². The standard InChI is InChI=1S/C22H31N7OS/c1-5-15(13-31-4)20(23)19-21(24)25-14-26-22(19)27-17-12-16(6-7-18(17)30-3)29-10-8-28(2)9-11-29/h6-7,12-14,23H,5,8-11H2,1-4H3,(H3,24,25,26,27)/b15-13+,23-20?. The largest absolute Gasteiger partial charge is 0.495 e. The molecule has 9 heteroatoms. The molecule has 0 saturated carbocycles. The van der Waals surface area contributed by atoms with Crippen molar-refractivity contribution in [3.63, 3.8) is 0 Å². The van der Waals surface area contributed by atoms with Gasteiger partial charge in [-0.15, -0.1) is 11.8 Å². The molecular weight excluding hydrogens is 410 g/mol. The number of hydrogen-bond acceptors (Lipinski definition) is 9. The number of rotatable bonds is 8. The molecule has 0 amide bonds. The molecule has 1 aliphatic heterocycles. The number of thioether (sulfide) groups is 1. The fraction of sp³-hybridized carbons (Fsp3) is 0.409. The molecule has 1 fully saturated rings. The Morgan fingerprint density at radius 1 is 1.29 bits per heavy atom. The van der Waals surface area contributed by atoms with E-state index in [-0.39, 0.29) is 5.82 Å². The summed E-state index contributed by atoms with van der Waals surface area (Å²) in [4.78, 5) is 13.2. The summed E-state index contributed by atoms with van der Waals surface area (Å²) in [5, 5.41) is 14.1. The van der Waals surface area contributed by atoms with Crippen molar-refractivity contribution in [1.82, 2.24) is 14.9 Å². The Hall–Kier alpha value is -2.78. The van der Waals surface area contributed by atoms with E-state index in [4.69, 9.17) is 15.9 Å². The molecule has 1 saturated heterocycles. The van der Waals surface area contributed by atoms with Crippen LogP contribution in [0.2, 0.25) is 0 Å². The lowest BCUT2D eigenvalue weighted by atomic mass is 10.0. The lowest BCUT2D eigenvalue weighted by Crippen LogP contribution is -2.44. The highest BCUT2D eigenvalue weighted by atomic mass is 32.2. The van der Waals surface area contributed by atoms with Crippen LogP contribution >= 0.6 is 11.8 Å². The second-order valence-corrected chi connectivity index (χ2v) is 8.10. The molecule has 8 nitrogen and oxygen atoms in total. The molecule has 0 spiro atoms. The summed E-state index contributed by atoms with van der Waals surface area (Å²) in [6.45, 7) is 6.02. The molecule has 1 aliphatic rings. The number of aromatic nitrogens is 2. The maximum atomic E-state index is 8.73. The van der Waals surface area contributed by atoms with Crippen molar-refractivity contribution in [3.8, 4) is 5.75 Å². The third kappa shape index (κ3) is 5.29. The van der Waals surface area contributed by atoms with Gasteiger partial charge in [-0.1, -0.05) is 6.92 Å². The number of allylic oxidation sites excluding steroid dienone is 1. The Morgan fingerprint density at radius 3 is 2.68 bits per heavy atom. The van der Waals surface area contributed by atoms with Gasteiger partial charge in [0.15, 0.2) is 0 Å². The van der Waals surface area contributed by atoms with Crippen molar-refractivity contribution < 1.29 is 4.74 Å². The Labute approximate surface area is 188 Å². The van der Waals surface area contributed by atoms with Crippen LogP contribution in [0, 0.1) is 5.41 Å². The molecule has 0 aliphatic carbocycles. The van der Waals surface area contributed by atoms with Crippen LogP contribution in [0.25, 0.3) is 0 Å². The smallest absolute Gasteiger partial charge is 0.145 e. The van der Waals surface area contributed by atoms with Gasteiger partial charge in [-0.25, -0.2) is 9.97 Å². The molecule has 0 radical (unpaired) electrons. The van der Waals surface area contributed by atoms with Gasteiger partial charge in [-0.05, 0) is 48.9 Å². The minimum Gasteiger partial charge on any atom is -0.495 e. The average molecular weight is 442 g/mol. The fourth-order valence-electron chi connectivity index (χ4n) is 3.54. The third-order valence-corrected chi connectivity index (χ3v) is 5.91. The first-order chi connectivity index (χ1) is 15.0. The van der Waals surface area contributed by atoms with Crippen molar-refractivity contribution in [3.05, 3.63) is 41.1 Å². The molecule has 2 heterocycles. The van der Waals surface area contributed by atoms with E-state index in [0.29, 0.717) is 22.8 Å². The molecule has 1 aromatic carbocycles. The number of nitrogens with two attached hydrogens (primary N) is 1. The first kappa shape index (κ1) is 22.9. The molecule has 2 aromatic rings. The van der Waals surface area contributed by atoms with E-state index in [1.165, 1.54) is 6.33 Å². The lowest BCUT2D eigenvalue weighted by molar-refractivity contribution is 0.313. The zero-order chi connectivity index (χ0) is 22.4. The summed E-state index contributed by atoms with van der Waals surface area (Å²) < 4.78 is 5.58. The topological polar surface area (TPSA) is 103 Å². The number of likely N-dealkylation sites (N-methyl/N-ethyl adjacent to an activating group) is 1. The van der Waals surface area contributed by atoms with Gasteiger partial charge in [0.2, 0.25) is 0 Å². The number of ether oxygens (including phenoxy) is 1. The summed E-state index contributed by atoms with van der Waals surface area (Å²) in [5.74, 6) is 1.46. The molecule has 0 atom stereocenters. The van der Waals surface area contributed by atoms with E-state index < -0.39 is 0 Å². The number of nitrogens with zero attached hydrogens (tertiary/aromatic N) is 4. The zero-order valence-electron chi connectivity index (χ0n) is 18.6. The highest BCUT2D eigenvalue weighted by Crippen LogP contribution is 2.34. The number of methoxy groups -OCH3 is 1. The number of nitrogens with one attached hydrogen (secondary N) is 2. The van der Waals surface area contributed by atoms with Gasteiger partial charge >= 0.3 is 0 Å². The van der Waals surface area contributed by atoms with Gasteiger partial charge in [0.1, 0.15) is 23.7 Å². The van der Waals surface area contributed by atoms with Gasteiger partial charge in [-0.3, -0.25) is 5.41 Å².